The molecule has 0 amide bonds. The van der Waals surface area contributed by atoms with Crippen LogP contribution >= 0.6 is 49.2 Å². The van der Waals surface area contributed by atoms with Gasteiger partial charge in [-0.3, -0.25) is 0 Å². The zero-order valence-electron chi connectivity index (χ0n) is 5.46. The highest BCUT2D eigenvalue weighted by Crippen LogP contribution is 2.25. The molecule has 0 saturated carbocycles. The first-order valence-electron chi connectivity index (χ1n) is 2.67. The summed E-state index contributed by atoms with van der Waals surface area (Å²) >= 11 is 5.03. The molecule has 0 aliphatic heterocycles. The maximum atomic E-state index is 10.9. The van der Waals surface area contributed by atoms with Crippen LogP contribution in [-0.2, 0) is 9.05 Å². The summed E-state index contributed by atoms with van der Waals surface area (Å²) in [5, 5.41) is -0.112. The van der Waals surface area contributed by atoms with Gasteiger partial charge in [0.15, 0.2) is 5.03 Å². The van der Waals surface area contributed by atoms with Gasteiger partial charge in [0.25, 0.3) is 9.05 Å². The Morgan fingerprint density at radius 1 is 1.58 bits per heavy atom. The molecule has 1 aromatic rings. The van der Waals surface area contributed by atoms with Gasteiger partial charge in [-0.2, -0.15) is 0 Å². The molecular weight excluding hydrogens is 380 g/mol. The highest BCUT2D eigenvalue weighted by atomic mass is 127. The third kappa shape index (κ3) is 2.30. The van der Waals surface area contributed by atoms with Crippen molar-refractivity contribution < 1.29 is 8.42 Å². The van der Waals surface area contributed by atoms with E-state index >= 15 is 0 Å². The Labute approximate surface area is 96.2 Å². The van der Waals surface area contributed by atoms with Crippen LogP contribution in [0.3, 0.4) is 0 Å². The highest BCUT2D eigenvalue weighted by molar-refractivity contribution is 14.1. The lowest BCUT2D eigenvalue weighted by Gasteiger charge is -1.99. The summed E-state index contributed by atoms with van der Waals surface area (Å²) in [6, 6.07) is 1.65. The summed E-state index contributed by atoms with van der Waals surface area (Å²) in [6.45, 7) is 0. The molecule has 12 heavy (non-hydrogen) atoms. The second kappa shape index (κ2) is 3.77. The van der Waals surface area contributed by atoms with E-state index in [4.69, 9.17) is 10.7 Å². The molecule has 0 spiro atoms. The van der Waals surface area contributed by atoms with Crippen molar-refractivity contribution in [3.8, 4) is 0 Å². The Balaban J connectivity index is 3.47. The van der Waals surface area contributed by atoms with Crippen LogP contribution in [0.1, 0.15) is 0 Å². The third-order valence-electron chi connectivity index (χ3n) is 1.04. The SMILES string of the molecule is O=S(=O)(Cl)c1nccc(Br)c1I. The zero-order valence-corrected chi connectivity index (χ0v) is 10.8. The van der Waals surface area contributed by atoms with Crippen molar-refractivity contribution in [3.63, 3.8) is 0 Å². The number of nitrogens with zero attached hydrogens (tertiary/aromatic N) is 1. The van der Waals surface area contributed by atoms with Crippen molar-refractivity contribution in [1.29, 1.82) is 0 Å². The standard InChI is InChI=1S/C5H2BrClINO2S/c6-3-1-2-9-5(4(3)8)12(7,10)11/h1-2H. The smallest absolute Gasteiger partial charge is 0.243 e. The first-order chi connectivity index (χ1) is 5.43. The van der Waals surface area contributed by atoms with Crippen LogP contribution in [0, 0.1) is 3.57 Å². The minimum atomic E-state index is -3.73. The molecule has 0 saturated heterocycles. The van der Waals surface area contributed by atoms with Crippen LogP contribution in [-0.4, -0.2) is 13.4 Å². The van der Waals surface area contributed by atoms with Crippen LogP contribution in [0.4, 0.5) is 0 Å². The highest BCUT2D eigenvalue weighted by Gasteiger charge is 2.17. The Bertz CT molecular complexity index is 408. The van der Waals surface area contributed by atoms with Gasteiger partial charge < -0.3 is 0 Å². The van der Waals surface area contributed by atoms with Gasteiger partial charge in [0.2, 0.25) is 0 Å². The molecular formula is C5H2BrClINO2S. The van der Waals surface area contributed by atoms with E-state index in [1.807, 2.05) is 22.6 Å². The van der Waals surface area contributed by atoms with Crippen LogP contribution in [0.2, 0.25) is 0 Å². The average Bonchev–Trinajstić information content (AvgIpc) is 1.92. The van der Waals surface area contributed by atoms with Crippen molar-refractivity contribution in [2.24, 2.45) is 0 Å². The predicted octanol–water partition coefficient (Wildman–Crippen LogP) is 2.38. The lowest BCUT2D eigenvalue weighted by molar-refractivity contribution is 0.605. The molecule has 0 unspecified atom stereocenters. The summed E-state index contributed by atoms with van der Waals surface area (Å²) < 4.78 is 22.9. The maximum absolute atomic E-state index is 10.9. The summed E-state index contributed by atoms with van der Waals surface area (Å²) in [5.74, 6) is 0. The Morgan fingerprint density at radius 2 is 2.17 bits per heavy atom. The fourth-order valence-corrected chi connectivity index (χ4v) is 3.45. The van der Waals surface area contributed by atoms with Crippen LogP contribution in [0.5, 0.6) is 0 Å². The topological polar surface area (TPSA) is 47.0 Å². The second-order valence-electron chi connectivity index (χ2n) is 1.85. The van der Waals surface area contributed by atoms with Gasteiger partial charge >= 0.3 is 0 Å². The number of hydrogen-bond acceptors (Lipinski definition) is 3. The van der Waals surface area contributed by atoms with Gasteiger partial charge in [-0.05, 0) is 44.6 Å². The van der Waals surface area contributed by atoms with Gasteiger partial charge in [-0.15, -0.1) is 0 Å². The van der Waals surface area contributed by atoms with Crippen molar-refractivity contribution >= 4 is 58.3 Å². The van der Waals surface area contributed by atoms with Crippen molar-refractivity contribution in [2.45, 2.75) is 5.03 Å². The number of hydrogen-bond donors (Lipinski definition) is 0. The Hall–Kier alpha value is 0.600. The Morgan fingerprint density at radius 3 is 2.58 bits per heavy atom. The molecule has 0 aromatic carbocycles. The monoisotopic (exact) mass is 381 g/mol. The molecule has 1 aromatic heterocycles. The zero-order chi connectivity index (χ0) is 9.35. The van der Waals surface area contributed by atoms with E-state index in [9.17, 15) is 8.42 Å². The number of pyridine rings is 1. The lowest BCUT2D eigenvalue weighted by atomic mass is 10.5. The second-order valence-corrected chi connectivity index (χ2v) is 6.26. The van der Waals surface area contributed by atoms with Crippen molar-refractivity contribution in [2.75, 3.05) is 0 Å². The molecule has 0 N–H and O–H groups in total. The largest absolute Gasteiger partial charge is 0.279 e. The third-order valence-corrected chi connectivity index (χ3v) is 5.11. The van der Waals surface area contributed by atoms with E-state index in [2.05, 4.69) is 20.9 Å². The van der Waals surface area contributed by atoms with E-state index < -0.39 is 9.05 Å². The van der Waals surface area contributed by atoms with E-state index in [0.29, 0.717) is 8.04 Å². The average molecular weight is 382 g/mol. The van der Waals surface area contributed by atoms with Crippen molar-refractivity contribution in [3.05, 3.63) is 20.3 Å². The molecule has 0 aliphatic carbocycles. The normalized spacial score (nSPS) is 11.6. The quantitative estimate of drug-likeness (QED) is 0.554. The molecule has 7 heteroatoms. The summed E-state index contributed by atoms with van der Waals surface area (Å²) in [4.78, 5) is 3.65. The first kappa shape index (κ1) is 10.7. The lowest BCUT2D eigenvalue weighted by Crippen LogP contribution is -1.98. The first-order valence-corrected chi connectivity index (χ1v) is 6.85. The number of aromatic nitrogens is 1. The van der Waals surface area contributed by atoms with Crippen LogP contribution in [0.15, 0.2) is 21.8 Å². The summed E-state index contributed by atoms with van der Waals surface area (Å²) in [5.41, 5.74) is 0. The van der Waals surface area contributed by atoms with Gasteiger partial charge in [-0.1, -0.05) is 0 Å². The minimum absolute atomic E-state index is 0.112. The molecule has 1 heterocycles. The maximum Gasteiger partial charge on any atom is 0.279 e. The van der Waals surface area contributed by atoms with Gasteiger partial charge in [0, 0.05) is 21.4 Å². The predicted molar refractivity (Wildman–Crippen MR) is 57.7 cm³/mol. The molecule has 66 valence electrons. The molecule has 0 aliphatic rings. The summed E-state index contributed by atoms with van der Waals surface area (Å²) in [7, 11) is 1.39. The molecule has 3 nitrogen and oxygen atoms in total. The molecule has 0 fully saturated rings. The van der Waals surface area contributed by atoms with E-state index in [1.54, 1.807) is 6.07 Å². The van der Waals surface area contributed by atoms with Gasteiger partial charge in [-0.25, -0.2) is 13.4 Å². The summed E-state index contributed by atoms with van der Waals surface area (Å²) in [6.07, 6.45) is 1.38. The van der Waals surface area contributed by atoms with Crippen LogP contribution < -0.4 is 0 Å². The Kier molecular flexibility index (Phi) is 3.35. The molecule has 0 bridgehead atoms. The molecule has 0 atom stereocenters. The van der Waals surface area contributed by atoms with Crippen LogP contribution in [0.25, 0.3) is 0 Å². The van der Waals surface area contributed by atoms with E-state index in [-0.39, 0.29) is 5.03 Å². The van der Waals surface area contributed by atoms with E-state index in [0.717, 1.165) is 0 Å². The van der Waals surface area contributed by atoms with E-state index in [1.165, 1.54) is 6.20 Å². The van der Waals surface area contributed by atoms with Crippen molar-refractivity contribution in [1.82, 2.24) is 4.98 Å². The minimum Gasteiger partial charge on any atom is -0.243 e. The number of rotatable bonds is 1. The van der Waals surface area contributed by atoms with Gasteiger partial charge in [0.1, 0.15) is 0 Å². The fourth-order valence-electron chi connectivity index (χ4n) is 0.572. The number of halogens is 3. The van der Waals surface area contributed by atoms with Gasteiger partial charge in [0.05, 0.1) is 3.57 Å². The molecule has 0 radical (unpaired) electrons. The fraction of sp³-hybridized carbons (Fsp3) is 0. The molecule has 1 rings (SSSR count).